The Labute approximate surface area is 188 Å². The molecule has 0 spiro atoms. The first-order valence-corrected chi connectivity index (χ1v) is 13.6. The van der Waals surface area contributed by atoms with E-state index < -0.39 is 49.8 Å². The molecule has 10 nitrogen and oxygen atoms in total. The number of ether oxygens (including phenoxy) is 2. The Balaban J connectivity index is 1.49. The van der Waals surface area contributed by atoms with E-state index in [1.54, 1.807) is 12.1 Å². The number of carbonyl (C=O) groups excluding carboxylic acids is 2. The van der Waals surface area contributed by atoms with E-state index in [1.807, 2.05) is 0 Å². The average molecular weight is 489 g/mol. The number of sulfonamides is 1. The van der Waals surface area contributed by atoms with Gasteiger partial charge in [-0.15, -0.1) is 0 Å². The maximum atomic E-state index is 12.8. The minimum absolute atomic E-state index is 0.0319. The molecular weight excluding hydrogens is 460 g/mol. The lowest BCUT2D eigenvalue weighted by Crippen LogP contribution is -2.44. The van der Waals surface area contributed by atoms with Crippen LogP contribution in [0.25, 0.3) is 0 Å². The summed E-state index contributed by atoms with van der Waals surface area (Å²) in [5.41, 5.74) is 0. The van der Waals surface area contributed by atoms with Crippen molar-refractivity contribution in [2.24, 2.45) is 5.92 Å². The Hall–Kier alpha value is -2.18. The highest BCUT2D eigenvalue weighted by Gasteiger charge is 2.35. The van der Waals surface area contributed by atoms with E-state index >= 15 is 0 Å². The fraction of sp³-hybridized carbons (Fsp3) is 0.600. The van der Waals surface area contributed by atoms with Crippen LogP contribution in [-0.2, 0) is 34.2 Å². The summed E-state index contributed by atoms with van der Waals surface area (Å²) in [6.07, 6.45) is -0.158. The van der Waals surface area contributed by atoms with E-state index in [1.165, 1.54) is 30.5 Å². The lowest BCUT2D eigenvalue weighted by molar-refractivity contribution is -0.160. The number of hydrogen-bond acceptors (Lipinski definition) is 8. The zero-order valence-corrected chi connectivity index (χ0v) is 19.7. The van der Waals surface area contributed by atoms with Gasteiger partial charge in [-0.2, -0.15) is 4.31 Å². The summed E-state index contributed by atoms with van der Waals surface area (Å²) in [4.78, 5) is 24.9. The molecule has 2 fully saturated rings. The predicted molar refractivity (Wildman–Crippen MR) is 115 cm³/mol. The van der Waals surface area contributed by atoms with Crippen molar-refractivity contribution >= 4 is 31.7 Å². The summed E-state index contributed by atoms with van der Waals surface area (Å²) < 4.78 is 60.3. The minimum Gasteiger partial charge on any atom is -0.497 e. The first kappa shape index (κ1) is 24.5. The number of rotatable bonds is 7. The molecule has 1 aromatic rings. The molecule has 3 rings (SSSR count). The number of methoxy groups -OCH3 is 1. The van der Waals surface area contributed by atoms with E-state index in [9.17, 15) is 26.4 Å². The molecule has 1 amide bonds. The SMILES string of the molecule is COc1ccc(S(=O)(=O)N2CCC(C(=O)O[C@@H](C)C(=O)N[C@@H]3CCS(=O)(=O)C3)CC2)cc1. The number of hydrogen-bond donors (Lipinski definition) is 1. The van der Waals surface area contributed by atoms with Gasteiger partial charge >= 0.3 is 5.97 Å². The fourth-order valence-corrected chi connectivity index (χ4v) is 6.92. The van der Waals surface area contributed by atoms with Gasteiger partial charge in [-0.25, -0.2) is 16.8 Å². The number of sulfone groups is 1. The molecule has 2 heterocycles. The Morgan fingerprint density at radius 1 is 1.12 bits per heavy atom. The number of benzene rings is 1. The zero-order valence-electron chi connectivity index (χ0n) is 18.0. The second-order valence-electron chi connectivity index (χ2n) is 8.04. The zero-order chi connectivity index (χ0) is 23.5. The molecular formula is C20H28N2O8S2. The molecule has 0 unspecified atom stereocenters. The molecule has 0 bridgehead atoms. The van der Waals surface area contributed by atoms with Gasteiger partial charge in [0.2, 0.25) is 10.0 Å². The third-order valence-corrected chi connectivity index (χ3v) is 9.41. The van der Waals surface area contributed by atoms with Crippen molar-refractivity contribution in [3.8, 4) is 5.75 Å². The summed E-state index contributed by atoms with van der Waals surface area (Å²) in [6.45, 7) is 1.75. The number of carbonyl (C=O) groups is 2. The molecule has 0 aliphatic carbocycles. The maximum absolute atomic E-state index is 12.8. The quantitative estimate of drug-likeness (QED) is 0.543. The highest BCUT2D eigenvalue weighted by molar-refractivity contribution is 7.91. The third-order valence-electron chi connectivity index (χ3n) is 5.73. The minimum atomic E-state index is -3.68. The third kappa shape index (κ3) is 5.78. The van der Waals surface area contributed by atoms with Crippen LogP contribution in [0.4, 0.5) is 0 Å². The lowest BCUT2D eigenvalue weighted by atomic mass is 9.98. The van der Waals surface area contributed by atoms with Gasteiger partial charge in [-0.3, -0.25) is 9.59 Å². The van der Waals surface area contributed by atoms with Crippen molar-refractivity contribution in [2.75, 3.05) is 31.7 Å². The van der Waals surface area contributed by atoms with Crippen LogP contribution >= 0.6 is 0 Å². The number of amides is 1. The maximum Gasteiger partial charge on any atom is 0.309 e. The van der Waals surface area contributed by atoms with Gasteiger partial charge in [0.25, 0.3) is 5.91 Å². The first-order valence-electron chi connectivity index (χ1n) is 10.4. The van der Waals surface area contributed by atoms with Gasteiger partial charge in [-0.05, 0) is 50.5 Å². The Kier molecular flexibility index (Phi) is 7.46. The smallest absolute Gasteiger partial charge is 0.309 e. The van der Waals surface area contributed by atoms with Crippen LogP contribution in [0.2, 0.25) is 0 Å². The van der Waals surface area contributed by atoms with Crippen molar-refractivity contribution in [3.63, 3.8) is 0 Å². The van der Waals surface area contributed by atoms with Gasteiger partial charge in [0.05, 0.1) is 29.4 Å². The molecule has 32 heavy (non-hydrogen) atoms. The summed E-state index contributed by atoms with van der Waals surface area (Å²) in [6, 6.07) is 5.63. The second kappa shape index (κ2) is 9.75. The van der Waals surface area contributed by atoms with Crippen LogP contribution in [0.15, 0.2) is 29.2 Å². The second-order valence-corrected chi connectivity index (χ2v) is 12.2. The molecule has 0 radical (unpaired) electrons. The first-order chi connectivity index (χ1) is 15.0. The normalized spacial score (nSPS) is 22.8. The highest BCUT2D eigenvalue weighted by Crippen LogP contribution is 2.26. The predicted octanol–water partition coefficient (Wildman–Crippen LogP) is 0.331. The van der Waals surface area contributed by atoms with Crippen LogP contribution in [-0.4, -0.2) is 76.9 Å². The Morgan fingerprint density at radius 3 is 2.28 bits per heavy atom. The van der Waals surface area contributed by atoms with Crippen molar-refractivity contribution in [3.05, 3.63) is 24.3 Å². The van der Waals surface area contributed by atoms with Gasteiger partial charge in [0.1, 0.15) is 5.75 Å². The Morgan fingerprint density at radius 2 is 1.75 bits per heavy atom. The van der Waals surface area contributed by atoms with Gasteiger partial charge in [0.15, 0.2) is 15.9 Å². The van der Waals surface area contributed by atoms with Crippen molar-refractivity contribution < 1.29 is 35.9 Å². The number of piperidine rings is 1. The highest BCUT2D eigenvalue weighted by atomic mass is 32.2. The summed E-state index contributed by atoms with van der Waals surface area (Å²) in [5.74, 6) is -1.14. The summed E-state index contributed by atoms with van der Waals surface area (Å²) in [7, 11) is -5.32. The average Bonchev–Trinajstić information content (AvgIpc) is 3.11. The number of esters is 1. The largest absolute Gasteiger partial charge is 0.497 e. The van der Waals surface area contributed by atoms with Crippen LogP contribution < -0.4 is 10.1 Å². The van der Waals surface area contributed by atoms with E-state index in [4.69, 9.17) is 9.47 Å². The van der Waals surface area contributed by atoms with Gasteiger partial charge in [-0.1, -0.05) is 0 Å². The molecule has 2 atom stereocenters. The topological polar surface area (TPSA) is 136 Å². The van der Waals surface area contributed by atoms with E-state index in [2.05, 4.69) is 5.32 Å². The molecule has 1 N–H and O–H groups in total. The molecule has 2 saturated heterocycles. The molecule has 1 aromatic carbocycles. The molecule has 12 heteroatoms. The van der Waals surface area contributed by atoms with Gasteiger partial charge in [0, 0.05) is 19.1 Å². The lowest BCUT2D eigenvalue weighted by Gasteiger charge is -2.30. The monoisotopic (exact) mass is 488 g/mol. The van der Waals surface area contributed by atoms with E-state index in [-0.39, 0.29) is 42.3 Å². The van der Waals surface area contributed by atoms with Gasteiger partial charge < -0.3 is 14.8 Å². The van der Waals surface area contributed by atoms with Crippen LogP contribution in [0.1, 0.15) is 26.2 Å². The fourth-order valence-electron chi connectivity index (χ4n) is 3.78. The van der Waals surface area contributed by atoms with Crippen molar-refractivity contribution in [2.45, 2.75) is 43.2 Å². The molecule has 2 aliphatic heterocycles. The van der Waals surface area contributed by atoms with E-state index in [0.29, 0.717) is 12.2 Å². The Bertz CT molecular complexity index is 1050. The van der Waals surface area contributed by atoms with Crippen LogP contribution in [0.3, 0.4) is 0 Å². The summed E-state index contributed by atoms with van der Waals surface area (Å²) in [5, 5.41) is 2.60. The van der Waals surface area contributed by atoms with Crippen LogP contribution in [0, 0.1) is 5.92 Å². The van der Waals surface area contributed by atoms with Crippen molar-refractivity contribution in [1.29, 1.82) is 0 Å². The number of nitrogens with zero attached hydrogens (tertiary/aromatic N) is 1. The molecule has 0 saturated carbocycles. The molecule has 2 aliphatic rings. The van der Waals surface area contributed by atoms with E-state index in [0.717, 1.165) is 0 Å². The summed E-state index contributed by atoms with van der Waals surface area (Å²) >= 11 is 0. The molecule has 178 valence electrons. The number of nitrogens with one attached hydrogen (secondary N) is 1. The van der Waals surface area contributed by atoms with Crippen LogP contribution in [0.5, 0.6) is 5.75 Å². The van der Waals surface area contributed by atoms with Crippen molar-refractivity contribution in [1.82, 2.24) is 9.62 Å². The standard InChI is InChI=1S/C20H28N2O8S2/c1-14(19(23)21-16-9-12-31(25,26)13-16)30-20(24)15-7-10-22(11-8-15)32(27,28)18-5-3-17(29-2)4-6-18/h3-6,14-16H,7-13H2,1-2H3,(H,21,23)/t14-,16+/m0/s1. The molecule has 0 aromatic heterocycles.